The fourth-order valence-corrected chi connectivity index (χ4v) is 3.16. The molecule has 0 aromatic carbocycles. The first-order valence-electron chi connectivity index (χ1n) is 6.20. The number of rotatable bonds is 1. The Morgan fingerprint density at radius 3 is 3.00 bits per heavy atom. The summed E-state index contributed by atoms with van der Waals surface area (Å²) in [6, 6.07) is 0.330. The second-order valence-electron chi connectivity index (χ2n) is 5.19. The summed E-state index contributed by atoms with van der Waals surface area (Å²) in [4.78, 5) is 14.4. The lowest BCUT2D eigenvalue weighted by Gasteiger charge is -2.24. The van der Waals surface area contributed by atoms with Gasteiger partial charge in [0.1, 0.15) is 0 Å². The number of nitrogens with zero attached hydrogens (tertiary/aromatic N) is 2. The van der Waals surface area contributed by atoms with Gasteiger partial charge in [-0.3, -0.25) is 9.89 Å². The Morgan fingerprint density at radius 2 is 2.35 bits per heavy atom. The Balaban J connectivity index is 1.82. The van der Waals surface area contributed by atoms with E-state index in [4.69, 9.17) is 0 Å². The molecule has 0 spiro atoms. The molecule has 0 bridgehead atoms. The molecular weight excluding hydrogens is 216 g/mol. The number of likely N-dealkylation sites (tertiary alicyclic amines) is 1. The second-order valence-corrected chi connectivity index (χ2v) is 5.19. The minimum absolute atomic E-state index is 0.123. The molecule has 92 valence electrons. The van der Waals surface area contributed by atoms with Crippen molar-refractivity contribution >= 4 is 5.91 Å². The van der Waals surface area contributed by atoms with Crippen LogP contribution in [-0.2, 0) is 0 Å². The second kappa shape index (κ2) is 3.84. The fourth-order valence-electron chi connectivity index (χ4n) is 3.16. The average molecular weight is 234 g/mol. The molecule has 2 aliphatic rings. The first-order valence-corrected chi connectivity index (χ1v) is 6.20. The summed E-state index contributed by atoms with van der Waals surface area (Å²) in [6.45, 7) is 7.01. The minimum Gasteiger partial charge on any atom is -0.335 e. The molecule has 2 saturated heterocycles. The van der Waals surface area contributed by atoms with Crippen molar-refractivity contribution in [2.45, 2.75) is 19.9 Å². The zero-order chi connectivity index (χ0) is 12.0. The lowest BCUT2D eigenvalue weighted by molar-refractivity contribution is 0.0728. The number of carbonyl (C=O) groups is 1. The van der Waals surface area contributed by atoms with E-state index in [0.717, 1.165) is 25.3 Å². The number of carbonyl (C=O) groups excluding carboxylic acids is 1. The predicted octanol–water partition coefficient (Wildman–Crippen LogP) is 0.398. The van der Waals surface area contributed by atoms with Crippen LogP contribution in [0.5, 0.6) is 0 Å². The molecule has 1 amide bonds. The van der Waals surface area contributed by atoms with Crippen LogP contribution in [-0.4, -0.2) is 46.7 Å². The highest BCUT2D eigenvalue weighted by Crippen LogP contribution is 2.33. The van der Waals surface area contributed by atoms with Gasteiger partial charge in [0.05, 0.1) is 11.8 Å². The van der Waals surface area contributed by atoms with Crippen LogP contribution in [0, 0.1) is 18.8 Å². The van der Waals surface area contributed by atoms with Crippen molar-refractivity contribution in [2.75, 3.05) is 19.6 Å². The van der Waals surface area contributed by atoms with Gasteiger partial charge in [-0.15, -0.1) is 0 Å². The van der Waals surface area contributed by atoms with Crippen LogP contribution in [0.15, 0.2) is 6.20 Å². The van der Waals surface area contributed by atoms with E-state index in [1.165, 1.54) is 0 Å². The number of hydrogen-bond donors (Lipinski definition) is 2. The Kier molecular flexibility index (Phi) is 2.43. The van der Waals surface area contributed by atoms with E-state index in [1.54, 1.807) is 6.20 Å². The monoisotopic (exact) mass is 234 g/mol. The smallest absolute Gasteiger partial charge is 0.257 e. The van der Waals surface area contributed by atoms with E-state index in [2.05, 4.69) is 22.4 Å². The van der Waals surface area contributed by atoms with Crippen LogP contribution < -0.4 is 5.32 Å². The number of aromatic nitrogens is 2. The van der Waals surface area contributed by atoms with Gasteiger partial charge in [0.25, 0.3) is 5.91 Å². The minimum atomic E-state index is 0.123. The third-order valence-corrected chi connectivity index (χ3v) is 4.26. The van der Waals surface area contributed by atoms with Crippen LogP contribution in [0.1, 0.15) is 23.0 Å². The molecule has 3 rings (SSSR count). The summed E-state index contributed by atoms with van der Waals surface area (Å²) in [7, 11) is 0. The average Bonchev–Trinajstić information content (AvgIpc) is 2.96. The van der Waals surface area contributed by atoms with Gasteiger partial charge in [0, 0.05) is 31.4 Å². The van der Waals surface area contributed by atoms with Crippen LogP contribution in [0.25, 0.3) is 0 Å². The molecule has 17 heavy (non-hydrogen) atoms. The Bertz CT molecular complexity index is 441. The van der Waals surface area contributed by atoms with Gasteiger partial charge in [0.2, 0.25) is 0 Å². The van der Waals surface area contributed by atoms with E-state index in [9.17, 15) is 4.79 Å². The van der Waals surface area contributed by atoms with Gasteiger partial charge in [-0.1, -0.05) is 0 Å². The maximum atomic E-state index is 12.4. The normalized spacial score (nSPS) is 31.9. The number of fused-ring (bicyclic) bond motifs is 1. The predicted molar refractivity (Wildman–Crippen MR) is 63.7 cm³/mol. The molecule has 2 aliphatic heterocycles. The summed E-state index contributed by atoms with van der Waals surface area (Å²) >= 11 is 0. The van der Waals surface area contributed by atoms with Crippen molar-refractivity contribution < 1.29 is 4.79 Å². The molecule has 3 unspecified atom stereocenters. The number of nitrogens with one attached hydrogen (secondary N) is 2. The van der Waals surface area contributed by atoms with Crippen LogP contribution in [0.3, 0.4) is 0 Å². The summed E-state index contributed by atoms with van der Waals surface area (Å²) in [6.07, 6.45) is 1.64. The molecule has 3 atom stereocenters. The van der Waals surface area contributed by atoms with Gasteiger partial charge >= 0.3 is 0 Å². The molecule has 2 N–H and O–H groups in total. The first kappa shape index (κ1) is 10.8. The highest BCUT2D eigenvalue weighted by Gasteiger charge is 2.44. The van der Waals surface area contributed by atoms with E-state index in [0.29, 0.717) is 23.4 Å². The van der Waals surface area contributed by atoms with Crippen molar-refractivity contribution in [3.63, 3.8) is 0 Å². The molecule has 1 aromatic rings. The maximum absolute atomic E-state index is 12.4. The maximum Gasteiger partial charge on any atom is 0.257 e. The van der Waals surface area contributed by atoms with Crippen molar-refractivity contribution in [1.82, 2.24) is 20.4 Å². The van der Waals surface area contributed by atoms with Gasteiger partial charge in [-0.05, 0) is 25.7 Å². The summed E-state index contributed by atoms with van der Waals surface area (Å²) in [5.74, 6) is 1.37. The molecule has 5 nitrogen and oxygen atoms in total. The Labute approximate surface area is 101 Å². The first-order chi connectivity index (χ1) is 8.18. The molecule has 1 aromatic heterocycles. The number of H-pyrrole nitrogens is 1. The summed E-state index contributed by atoms with van der Waals surface area (Å²) < 4.78 is 0. The summed E-state index contributed by atoms with van der Waals surface area (Å²) in [5, 5.41) is 10.2. The highest BCUT2D eigenvalue weighted by atomic mass is 16.2. The third-order valence-electron chi connectivity index (χ3n) is 4.26. The zero-order valence-electron chi connectivity index (χ0n) is 10.2. The molecule has 2 fully saturated rings. The largest absolute Gasteiger partial charge is 0.335 e. The van der Waals surface area contributed by atoms with E-state index in [1.807, 2.05) is 11.8 Å². The molecule has 0 aliphatic carbocycles. The van der Waals surface area contributed by atoms with E-state index in [-0.39, 0.29) is 5.91 Å². The lowest BCUT2D eigenvalue weighted by atomic mass is 9.95. The SMILES string of the molecule is Cc1[nH]ncc1C(=O)N1CC2CNCC2C1C. The lowest BCUT2D eigenvalue weighted by Crippen LogP contribution is -2.38. The molecule has 3 heterocycles. The Morgan fingerprint density at radius 1 is 1.53 bits per heavy atom. The van der Waals surface area contributed by atoms with Gasteiger partial charge in [-0.2, -0.15) is 5.10 Å². The topological polar surface area (TPSA) is 61.0 Å². The van der Waals surface area contributed by atoms with Crippen LogP contribution in [0.2, 0.25) is 0 Å². The quantitative estimate of drug-likeness (QED) is 0.739. The third kappa shape index (κ3) is 1.57. The van der Waals surface area contributed by atoms with Crippen LogP contribution in [0.4, 0.5) is 0 Å². The van der Waals surface area contributed by atoms with E-state index < -0.39 is 0 Å². The van der Waals surface area contributed by atoms with Gasteiger partial charge in [0.15, 0.2) is 0 Å². The number of hydrogen-bond acceptors (Lipinski definition) is 3. The molecule has 5 heteroatoms. The van der Waals surface area contributed by atoms with Gasteiger partial charge < -0.3 is 10.2 Å². The highest BCUT2D eigenvalue weighted by molar-refractivity contribution is 5.95. The van der Waals surface area contributed by atoms with Crippen molar-refractivity contribution in [1.29, 1.82) is 0 Å². The summed E-state index contributed by atoms with van der Waals surface area (Å²) in [5.41, 5.74) is 1.57. The number of aryl methyl sites for hydroxylation is 1. The van der Waals surface area contributed by atoms with Crippen molar-refractivity contribution in [3.8, 4) is 0 Å². The Hall–Kier alpha value is -1.36. The zero-order valence-corrected chi connectivity index (χ0v) is 10.2. The molecular formula is C12H18N4O. The molecule has 0 radical (unpaired) electrons. The number of aromatic amines is 1. The van der Waals surface area contributed by atoms with Crippen molar-refractivity contribution in [3.05, 3.63) is 17.5 Å². The molecule has 0 saturated carbocycles. The number of amides is 1. The van der Waals surface area contributed by atoms with E-state index >= 15 is 0 Å². The van der Waals surface area contributed by atoms with Crippen molar-refractivity contribution in [2.24, 2.45) is 11.8 Å². The van der Waals surface area contributed by atoms with Crippen LogP contribution >= 0.6 is 0 Å². The standard InChI is InChI=1S/C12H18N4O/c1-7-10(5-14-15-7)12(17)16-6-9-3-13-4-11(9)8(16)2/h5,8-9,11,13H,3-4,6H2,1-2H3,(H,14,15). The van der Waals surface area contributed by atoms with Gasteiger partial charge in [-0.25, -0.2) is 0 Å². The fraction of sp³-hybridized carbons (Fsp3) is 0.667.